The molecule has 9 heteroatoms. The zero-order valence-corrected chi connectivity index (χ0v) is 15.2. The molecule has 0 fully saturated rings. The van der Waals surface area contributed by atoms with Gasteiger partial charge in [0.1, 0.15) is 0 Å². The summed E-state index contributed by atoms with van der Waals surface area (Å²) in [7, 11) is 1.35. The third-order valence-electron chi connectivity index (χ3n) is 2.80. The van der Waals surface area contributed by atoms with Gasteiger partial charge in [-0.1, -0.05) is 0 Å². The second kappa shape index (κ2) is 21.2. The van der Waals surface area contributed by atoms with Crippen molar-refractivity contribution in [2.75, 3.05) is 92.9 Å². The van der Waals surface area contributed by atoms with E-state index >= 15 is 0 Å². The topological polar surface area (TPSA) is 108 Å². The Bertz CT molecular complexity index is 281. The summed E-state index contributed by atoms with van der Waals surface area (Å²) in [6, 6.07) is 0. The first-order valence-electron chi connectivity index (χ1n) is 8.54. The molecule has 0 aliphatic rings. The number of esters is 1. The SMILES string of the molecule is COC(=O)CCOCCOCCOCCOCCOCCOCCN. The van der Waals surface area contributed by atoms with E-state index in [9.17, 15) is 4.79 Å². The van der Waals surface area contributed by atoms with E-state index in [0.717, 1.165) is 0 Å². The van der Waals surface area contributed by atoms with Gasteiger partial charge in [-0.05, 0) is 0 Å². The minimum atomic E-state index is -0.278. The number of nitrogens with two attached hydrogens (primary N) is 1. The molecule has 9 nitrogen and oxygen atoms in total. The van der Waals surface area contributed by atoms with E-state index in [0.29, 0.717) is 85.8 Å². The lowest BCUT2D eigenvalue weighted by Gasteiger charge is -2.08. The Morgan fingerprint density at radius 1 is 0.600 bits per heavy atom. The minimum Gasteiger partial charge on any atom is -0.469 e. The monoisotopic (exact) mass is 367 g/mol. The van der Waals surface area contributed by atoms with Crippen LogP contribution in [0.5, 0.6) is 0 Å². The van der Waals surface area contributed by atoms with Crippen molar-refractivity contribution in [1.82, 2.24) is 0 Å². The van der Waals surface area contributed by atoms with Gasteiger partial charge in [0.2, 0.25) is 0 Å². The maximum absolute atomic E-state index is 10.8. The lowest BCUT2D eigenvalue weighted by atomic mass is 10.5. The Hall–Kier alpha value is -0.810. The van der Waals surface area contributed by atoms with Gasteiger partial charge in [-0.3, -0.25) is 4.79 Å². The Morgan fingerprint density at radius 3 is 1.24 bits per heavy atom. The highest BCUT2D eigenvalue weighted by Gasteiger charge is 1.99. The van der Waals surface area contributed by atoms with Gasteiger partial charge in [0, 0.05) is 6.54 Å². The number of hydrogen-bond donors (Lipinski definition) is 1. The Balaban J connectivity index is 2.99. The second-order valence-corrected chi connectivity index (χ2v) is 4.79. The molecule has 0 radical (unpaired) electrons. The highest BCUT2D eigenvalue weighted by Crippen LogP contribution is 1.87. The fraction of sp³-hybridized carbons (Fsp3) is 0.938. The van der Waals surface area contributed by atoms with Crippen LogP contribution >= 0.6 is 0 Å². The molecule has 0 bridgehead atoms. The normalized spacial score (nSPS) is 11.0. The number of carbonyl (C=O) groups is 1. The van der Waals surface area contributed by atoms with Crippen LogP contribution in [0.4, 0.5) is 0 Å². The molecule has 0 aromatic heterocycles. The van der Waals surface area contributed by atoms with E-state index in [4.69, 9.17) is 34.2 Å². The molecule has 0 saturated carbocycles. The summed E-state index contributed by atoms with van der Waals surface area (Å²) in [4.78, 5) is 10.8. The van der Waals surface area contributed by atoms with Crippen molar-refractivity contribution in [3.8, 4) is 0 Å². The maximum Gasteiger partial charge on any atom is 0.307 e. The third kappa shape index (κ3) is 21.1. The predicted molar refractivity (Wildman–Crippen MR) is 90.6 cm³/mol. The smallest absolute Gasteiger partial charge is 0.307 e. The van der Waals surface area contributed by atoms with Crippen LogP contribution in [0, 0.1) is 0 Å². The van der Waals surface area contributed by atoms with Crippen LogP contribution in [0.25, 0.3) is 0 Å². The van der Waals surface area contributed by atoms with Crippen molar-refractivity contribution in [1.29, 1.82) is 0 Å². The molecule has 25 heavy (non-hydrogen) atoms. The molecule has 0 unspecified atom stereocenters. The van der Waals surface area contributed by atoms with Crippen LogP contribution in [0.2, 0.25) is 0 Å². The van der Waals surface area contributed by atoms with Crippen LogP contribution in [-0.2, 0) is 38.0 Å². The van der Waals surface area contributed by atoms with Gasteiger partial charge in [0.05, 0.1) is 92.8 Å². The van der Waals surface area contributed by atoms with E-state index in [1.165, 1.54) is 7.11 Å². The number of carbonyl (C=O) groups excluding carboxylic acids is 1. The lowest BCUT2D eigenvalue weighted by Crippen LogP contribution is -2.15. The summed E-state index contributed by atoms with van der Waals surface area (Å²) < 4.78 is 36.2. The molecule has 0 amide bonds. The van der Waals surface area contributed by atoms with Gasteiger partial charge in [-0.2, -0.15) is 0 Å². The van der Waals surface area contributed by atoms with Crippen LogP contribution in [0.1, 0.15) is 6.42 Å². The largest absolute Gasteiger partial charge is 0.469 e. The van der Waals surface area contributed by atoms with E-state index in [1.807, 2.05) is 0 Å². The first-order valence-corrected chi connectivity index (χ1v) is 8.54. The van der Waals surface area contributed by atoms with Crippen molar-refractivity contribution in [3.63, 3.8) is 0 Å². The number of hydrogen-bond acceptors (Lipinski definition) is 9. The zero-order valence-electron chi connectivity index (χ0n) is 15.2. The molecule has 0 aliphatic heterocycles. The Morgan fingerprint density at radius 2 is 0.920 bits per heavy atom. The predicted octanol–water partition coefficient (Wildman–Crippen LogP) is -0.392. The fourth-order valence-corrected chi connectivity index (χ4v) is 1.54. The first kappa shape index (κ1) is 24.2. The summed E-state index contributed by atoms with van der Waals surface area (Å²) in [6.07, 6.45) is 0.257. The number of rotatable bonds is 20. The van der Waals surface area contributed by atoms with E-state index in [2.05, 4.69) is 4.74 Å². The molecule has 0 aromatic rings. The third-order valence-corrected chi connectivity index (χ3v) is 2.80. The van der Waals surface area contributed by atoms with E-state index in [-0.39, 0.29) is 12.4 Å². The molecule has 0 atom stereocenters. The highest BCUT2D eigenvalue weighted by atomic mass is 16.6. The van der Waals surface area contributed by atoms with Gasteiger partial charge in [0.25, 0.3) is 0 Å². The molecule has 0 aromatic carbocycles. The zero-order chi connectivity index (χ0) is 18.4. The molecule has 0 rings (SSSR count). The molecule has 0 heterocycles. The average Bonchev–Trinajstić information content (AvgIpc) is 2.63. The van der Waals surface area contributed by atoms with Crippen molar-refractivity contribution in [3.05, 3.63) is 0 Å². The highest BCUT2D eigenvalue weighted by molar-refractivity contribution is 5.69. The molecular weight excluding hydrogens is 334 g/mol. The van der Waals surface area contributed by atoms with Crippen molar-refractivity contribution >= 4 is 5.97 Å². The Kier molecular flexibility index (Phi) is 20.5. The van der Waals surface area contributed by atoms with Gasteiger partial charge < -0.3 is 38.9 Å². The van der Waals surface area contributed by atoms with E-state index < -0.39 is 0 Å². The van der Waals surface area contributed by atoms with E-state index in [1.54, 1.807) is 0 Å². The van der Waals surface area contributed by atoms with Crippen LogP contribution in [0.15, 0.2) is 0 Å². The van der Waals surface area contributed by atoms with Gasteiger partial charge in [0.15, 0.2) is 0 Å². The van der Waals surface area contributed by atoms with Crippen LogP contribution < -0.4 is 5.73 Å². The van der Waals surface area contributed by atoms with Crippen molar-refractivity contribution in [2.45, 2.75) is 6.42 Å². The van der Waals surface area contributed by atoms with Gasteiger partial charge >= 0.3 is 5.97 Å². The van der Waals surface area contributed by atoms with Crippen molar-refractivity contribution in [2.24, 2.45) is 5.73 Å². The number of ether oxygens (including phenoxy) is 7. The summed E-state index contributed by atoms with van der Waals surface area (Å²) in [5.41, 5.74) is 5.29. The van der Waals surface area contributed by atoms with Gasteiger partial charge in [-0.15, -0.1) is 0 Å². The first-order chi connectivity index (χ1) is 12.3. The summed E-state index contributed by atoms with van der Waals surface area (Å²) in [5.74, 6) is -0.278. The molecule has 0 saturated heterocycles. The summed E-state index contributed by atoms with van der Waals surface area (Å²) in [6.45, 7) is 6.52. The van der Waals surface area contributed by atoms with Crippen LogP contribution in [-0.4, -0.2) is 98.9 Å². The Labute approximate surface area is 150 Å². The molecular formula is C16H33NO8. The standard InChI is InChI=1S/C16H33NO8/c1-19-16(18)2-4-20-6-8-22-10-12-24-14-15-25-13-11-23-9-7-21-5-3-17/h2-15,17H2,1H3. The summed E-state index contributed by atoms with van der Waals surface area (Å²) in [5, 5.41) is 0. The fourth-order valence-electron chi connectivity index (χ4n) is 1.54. The molecule has 150 valence electrons. The molecule has 0 aliphatic carbocycles. The maximum atomic E-state index is 10.8. The molecule has 2 N–H and O–H groups in total. The van der Waals surface area contributed by atoms with Gasteiger partial charge in [-0.25, -0.2) is 0 Å². The minimum absolute atomic E-state index is 0.257. The quantitative estimate of drug-likeness (QED) is 0.227. The number of methoxy groups -OCH3 is 1. The molecule has 0 spiro atoms. The second-order valence-electron chi connectivity index (χ2n) is 4.79. The summed E-state index contributed by atoms with van der Waals surface area (Å²) >= 11 is 0. The average molecular weight is 367 g/mol. The lowest BCUT2D eigenvalue weighted by molar-refractivity contribution is -0.141. The van der Waals surface area contributed by atoms with Crippen LogP contribution in [0.3, 0.4) is 0 Å². The van der Waals surface area contributed by atoms with Crippen molar-refractivity contribution < 1.29 is 38.0 Å².